The summed E-state index contributed by atoms with van der Waals surface area (Å²) in [5, 5.41) is 0. The minimum absolute atomic E-state index is 0.0712. The van der Waals surface area contributed by atoms with Gasteiger partial charge in [-0.3, -0.25) is 9.78 Å². The highest BCUT2D eigenvalue weighted by Gasteiger charge is 2.28. The van der Waals surface area contributed by atoms with Crippen molar-refractivity contribution in [2.75, 3.05) is 37.6 Å². The lowest BCUT2D eigenvalue weighted by Crippen LogP contribution is -2.52. The number of anilines is 1. The lowest BCUT2D eigenvalue weighted by Gasteiger charge is -2.37. The van der Waals surface area contributed by atoms with E-state index in [-0.39, 0.29) is 17.7 Å². The van der Waals surface area contributed by atoms with E-state index in [9.17, 15) is 4.79 Å². The number of aromatic nitrogens is 2. The van der Waals surface area contributed by atoms with Gasteiger partial charge in [0.1, 0.15) is 5.82 Å². The summed E-state index contributed by atoms with van der Waals surface area (Å²) in [6.07, 6.45) is 5.11. The van der Waals surface area contributed by atoms with Crippen molar-refractivity contribution < 1.29 is 4.79 Å². The van der Waals surface area contributed by atoms with E-state index >= 15 is 0 Å². The quantitative estimate of drug-likeness (QED) is 0.860. The molecule has 6 heteroatoms. The molecule has 0 bridgehead atoms. The fourth-order valence-electron chi connectivity index (χ4n) is 2.50. The molecule has 1 saturated heterocycles. The average molecular weight is 277 g/mol. The second-order valence-corrected chi connectivity index (χ2v) is 5.46. The molecule has 1 aromatic rings. The Bertz CT molecular complexity index is 428. The van der Waals surface area contributed by atoms with Gasteiger partial charge >= 0.3 is 0 Å². The topological polar surface area (TPSA) is 75.4 Å². The molecule has 110 valence electrons. The SMILES string of the molecule is CC(C)C(CN)C(=O)N1CCN(c2cnccn2)CC1. The van der Waals surface area contributed by atoms with Crippen LogP contribution in [0.4, 0.5) is 5.82 Å². The number of amides is 1. The van der Waals surface area contributed by atoms with Gasteiger partial charge in [-0.15, -0.1) is 0 Å². The molecule has 1 amide bonds. The Morgan fingerprint density at radius 3 is 2.50 bits per heavy atom. The van der Waals surface area contributed by atoms with E-state index in [1.165, 1.54) is 0 Å². The Labute approximate surface area is 120 Å². The molecule has 1 aliphatic heterocycles. The fourth-order valence-corrected chi connectivity index (χ4v) is 2.50. The van der Waals surface area contributed by atoms with E-state index in [1.54, 1.807) is 18.6 Å². The Morgan fingerprint density at radius 2 is 2.00 bits per heavy atom. The maximum Gasteiger partial charge on any atom is 0.227 e. The first-order valence-corrected chi connectivity index (χ1v) is 7.13. The smallest absolute Gasteiger partial charge is 0.227 e. The molecule has 1 aliphatic rings. The summed E-state index contributed by atoms with van der Waals surface area (Å²) < 4.78 is 0. The number of nitrogens with two attached hydrogens (primary N) is 1. The van der Waals surface area contributed by atoms with E-state index in [4.69, 9.17) is 5.73 Å². The molecular weight excluding hydrogens is 254 g/mol. The summed E-state index contributed by atoms with van der Waals surface area (Å²) in [4.78, 5) is 24.9. The first kappa shape index (κ1) is 14.7. The molecule has 0 saturated carbocycles. The zero-order valence-electron chi connectivity index (χ0n) is 12.2. The number of hydrogen-bond donors (Lipinski definition) is 1. The van der Waals surface area contributed by atoms with Crippen LogP contribution >= 0.6 is 0 Å². The minimum Gasteiger partial charge on any atom is -0.352 e. The van der Waals surface area contributed by atoms with Crippen molar-refractivity contribution in [3.05, 3.63) is 18.6 Å². The highest BCUT2D eigenvalue weighted by Crippen LogP contribution is 2.16. The lowest BCUT2D eigenvalue weighted by atomic mass is 9.94. The summed E-state index contributed by atoms with van der Waals surface area (Å²) in [6, 6.07) is 0. The lowest BCUT2D eigenvalue weighted by molar-refractivity contribution is -0.136. The summed E-state index contributed by atoms with van der Waals surface area (Å²) in [6.45, 7) is 7.54. The van der Waals surface area contributed by atoms with Crippen molar-refractivity contribution in [2.24, 2.45) is 17.6 Å². The van der Waals surface area contributed by atoms with E-state index in [1.807, 2.05) is 18.7 Å². The molecule has 2 rings (SSSR count). The van der Waals surface area contributed by atoms with Crippen molar-refractivity contribution in [3.8, 4) is 0 Å². The highest BCUT2D eigenvalue weighted by atomic mass is 16.2. The first-order chi connectivity index (χ1) is 9.63. The van der Waals surface area contributed by atoms with Crippen molar-refractivity contribution in [1.82, 2.24) is 14.9 Å². The largest absolute Gasteiger partial charge is 0.352 e. The first-order valence-electron chi connectivity index (χ1n) is 7.13. The maximum atomic E-state index is 12.4. The maximum absolute atomic E-state index is 12.4. The van der Waals surface area contributed by atoms with Gasteiger partial charge in [0.15, 0.2) is 0 Å². The molecule has 1 fully saturated rings. The predicted molar refractivity (Wildman–Crippen MR) is 78.2 cm³/mol. The number of rotatable bonds is 4. The van der Waals surface area contributed by atoms with Gasteiger partial charge in [-0.05, 0) is 5.92 Å². The number of piperazine rings is 1. The van der Waals surface area contributed by atoms with Gasteiger partial charge < -0.3 is 15.5 Å². The number of carbonyl (C=O) groups excluding carboxylic acids is 1. The molecule has 0 aromatic carbocycles. The van der Waals surface area contributed by atoms with Crippen LogP contribution in [-0.4, -0.2) is 53.5 Å². The molecule has 0 radical (unpaired) electrons. The summed E-state index contributed by atoms with van der Waals surface area (Å²) in [7, 11) is 0. The van der Waals surface area contributed by atoms with Crippen LogP contribution in [0.25, 0.3) is 0 Å². The minimum atomic E-state index is -0.0712. The molecule has 2 N–H and O–H groups in total. The highest BCUT2D eigenvalue weighted by molar-refractivity contribution is 5.79. The third-order valence-corrected chi connectivity index (χ3v) is 3.84. The molecule has 2 heterocycles. The van der Waals surface area contributed by atoms with Crippen LogP contribution in [0.2, 0.25) is 0 Å². The van der Waals surface area contributed by atoms with Crippen LogP contribution < -0.4 is 10.6 Å². The van der Waals surface area contributed by atoms with Crippen LogP contribution in [0.5, 0.6) is 0 Å². The van der Waals surface area contributed by atoms with Gasteiger partial charge in [-0.25, -0.2) is 4.98 Å². The summed E-state index contributed by atoms with van der Waals surface area (Å²) in [5.74, 6) is 1.27. The Balaban J connectivity index is 1.93. The van der Waals surface area contributed by atoms with E-state index in [0.29, 0.717) is 6.54 Å². The van der Waals surface area contributed by atoms with Gasteiger partial charge in [0.2, 0.25) is 5.91 Å². The molecule has 1 atom stereocenters. The monoisotopic (exact) mass is 277 g/mol. The summed E-state index contributed by atoms with van der Waals surface area (Å²) in [5.41, 5.74) is 5.72. The third kappa shape index (κ3) is 3.25. The van der Waals surface area contributed by atoms with Crippen molar-refractivity contribution in [1.29, 1.82) is 0 Å². The molecule has 20 heavy (non-hydrogen) atoms. The van der Waals surface area contributed by atoms with Gasteiger partial charge in [0.05, 0.1) is 12.1 Å². The van der Waals surface area contributed by atoms with Gasteiger partial charge in [0, 0.05) is 45.1 Å². The predicted octanol–water partition coefficient (Wildman–Crippen LogP) is 0.356. The molecular formula is C14H23N5O. The van der Waals surface area contributed by atoms with Gasteiger partial charge in [-0.2, -0.15) is 0 Å². The van der Waals surface area contributed by atoms with Gasteiger partial charge in [-0.1, -0.05) is 13.8 Å². The molecule has 0 spiro atoms. The number of nitrogens with zero attached hydrogens (tertiary/aromatic N) is 4. The molecule has 1 aromatic heterocycles. The second kappa shape index (κ2) is 6.65. The van der Waals surface area contributed by atoms with Gasteiger partial charge in [0.25, 0.3) is 0 Å². The standard InChI is InChI=1S/C14H23N5O/c1-11(2)12(9-15)14(20)19-7-5-18(6-8-19)13-10-16-3-4-17-13/h3-4,10-12H,5-9,15H2,1-2H3. The average Bonchev–Trinajstić information content (AvgIpc) is 2.48. The molecule has 0 aliphatic carbocycles. The Kier molecular flexibility index (Phi) is 4.89. The zero-order chi connectivity index (χ0) is 14.5. The van der Waals surface area contributed by atoms with Crippen LogP contribution in [-0.2, 0) is 4.79 Å². The zero-order valence-corrected chi connectivity index (χ0v) is 12.2. The molecule has 6 nitrogen and oxygen atoms in total. The number of hydrogen-bond acceptors (Lipinski definition) is 5. The Hall–Kier alpha value is -1.69. The second-order valence-electron chi connectivity index (χ2n) is 5.46. The number of carbonyl (C=O) groups is 1. The van der Waals surface area contributed by atoms with Crippen molar-refractivity contribution >= 4 is 11.7 Å². The van der Waals surface area contributed by atoms with Crippen molar-refractivity contribution in [3.63, 3.8) is 0 Å². The molecule has 1 unspecified atom stereocenters. The van der Waals surface area contributed by atoms with Crippen molar-refractivity contribution in [2.45, 2.75) is 13.8 Å². The van der Waals surface area contributed by atoms with Crippen LogP contribution in [0.1, 0.15) is 13.8 Å². The van der Waals surface area contributed by atoms with Crippen LogP contribution in [0.15, 0.2) is 18.6 Å². The third-order valence-electron chi connectivity index (χ3n) is 3.84. The fraction of sp³-hybridized carbons (Fsp3) is 0.643. The normalized spacial score (nSPS) is 17.4. The van der Waals surface area contributed by atoms with E-state index in [2.05, 4.69) is 14.9 Å². The Morgan fingerprint density at radius 1 is 1.30 bits per heavy atom. The van der Waals surface area contributed by atoms with E-state index < -0.39 is 0 Å². The summed E-state index contributed by atoms with van der Waals surface area (Å²) >= 11 is 0. The van der Waals surface area contributed by atoms with E-state index in [0.717, 1.165) is 32.0 Å². The van der Waals surface area contributed by atoms with Crippen LogP contribution in [0, 0.1) is 11.8 Å². The van der Waals surface area contributed by atoms with Crippen LogP contribution in [0.3, 0.4) is 0 Å².